The van der Waals surface area contributed by atoms with Gasteiger partial charge in [0, 0.05) is 18.1 Å². The Morgan fingerprint density at radius 1 is 1.62 bits per heavy atom. The average Bonchev–Trinajstić information content (AvgIpc) is 2.22. The second-order valence-electron chi connectivity index (χ2n) is 3.42. The fourth-order valence-electron chi connectivity index (χ4n) is 1.31. The average molecular weight is 292 g/mol. The number of nitrogens with zero attached hydrogens (tertiary/aromatic N) is 1. The van der Waals surface area contributed by atoms with Crippen LogP contribution in [0.25, 0.3) is 0 Å². The summed E-state index contributed by atoms with van der Waals surface area (Å²) in [6.45, 7) is 1.76. The van der Waals surface area contributed by atoms with Crippen molar-refractivity contribution in [2.75, 3.05) is 0 Å². The van der Waals surface area contributed by atoms with Crippen molar-refractivity contribution in [2.24, 2.45) is 0 Å². The highest BCUT2D eigenvalue weighted by Gasteiger charge is 2.19. The molecule has 0 saturated carbocycles. The number of halogens is 2. The lowest BCUT2D eigenvalue weighted by atomic mass is 10.0. The molecule has 4 nitrogen and oxygen atoms in total. The van der Waals surface area contributed by atoms with Crippen LogP contribution in [0.3, 0.4) is 0 Å². The molecular weight excluding hydrogens is 281 g/mol. The molecule has 0 spiro atoms. The number of hydrogen-bond donors (Lipinski definition) is 1. The second kappa shape index (κ2) is 5.36. The van der Waals surface area contributed by atoms with E-state index in [1.54, 1.807) is 6.92 Å². The minimum absolute atomic E-state index is 0.0499. The van der Waals surface area contributed by atoms with Gasteiger partial charge in [-0.25, -0.2) is 4.39 Å². The Morgan fingerprint density at radius 2 is 2.25 bits per heavy atom. The van der Waals surface area contributed by atoms with E-state index in [0.29, 0.717) is 6.42 Å². The number of nitro groups is 1. The molecule has 1 unspecified atom stereocenters. The summed E-state index contributed by atoms with van der Waals surface area (Å²) >= 11 is 2.89. The van der Waals surface area contributed by atoms with Crippen molar-refractivity contribution in [2.45, 2.75) is 25.9 Å². The van der Waals surface area contributed by atoms with Gasteiger partial charge >= 0.3 is 0 Å². The zero-order valence-electron chi connectivity index (χ0n) is 8.61. The first-order chi connectivity index (χ1) is 7.45. The zero-order chi connectivity index (χ0) is 12.3. The molecule has 1 rings (SSSR count). The van der Waals surface area contributed by atoms with Crippen LogP contribution in [-0.2, 0) is 6.42 Å². The van der Waals surface area contributed by atoms with Crippen LogP contribution < -0.4 is 0 Å². The van der Waals surface area contributed by atoms with Crippen LogP contribution in [0, 0.1) is 15.9 Å². The fraction of sp³-hybridized carbons (Fsp3) is 0.400. The summed E-state index contributed by atoms with van der Waals surface area (Å²) in [7, 11) is 0. The molecular formula is C10H11BrFNO3. The Bertz CT molecular complexity index is 411. The highest BCUT2D eigenvalue weighted by Crippen LogP contribution is 2.27. The normalized spacial score (nSPS) is 12.5. The Labute approximate surface area is 100 Å². The standard InChI is InChI=1S/C10H11BrFNO3/c1-2-7(14)3-6-4-9(12)8(11)5-10(6)13(15)16/h4-5,7,14H,2-3H2,1H3. The highest BCUT2D eigenvalue weighted by atomic mass is 79.9. The Hall–Kier alpha value is -1.01. The Balaban J connectivity index is 3.14. The molecule has 1 aromatic carbocycles. The third-order valence-corrected chi connectivity index (χ3v) is 2.85. The number of rotatable bonds is 4. The summed E-state index contributed by atoms with van der Waals surface area (Å²) in [4.78, 5) is 10.2. The smallest absolute Gasteiger partial charge is 0.274 e. The van der Waals surface area contributed by atoms with E-state index in [4.69, 9.17) is 0 Å². The van der Waals surface area contributed by atoms with Gasteiger partial charge in [0.1, 0.15) is 5.82 Å². The van der Waals surface area contributed by atoms with Gasteiger partial charge in [0.25, 0.3) is 5.69 Å². The first-order valence-corrected chi connectivity index (χ1v) is 5.55. The van der Waals surface area contributed by atoms with Crippen LogP contribution >= 0.6 is 15.9 Å². The summed E-state index contributed by atoms with van der Waals surface area (Å²) < 4.78 is 13.3. The predicted octanol–water partition coefficient (Wildman–Crippen LogP) is 2.81. The van der Waals surface area contributed by atoms with Gasteiger partial charge in [0.2, 0.25) is 0 Å². The monoisotopic (exact) mass is 291 g/mol. The number of aliphatic hydroxyl groups excluding tert-OH is 1. The molecule has 0 heterocycles. The fourth-order valence-corrected chi connectivity index (χ4v) is 1.64. The molecule has 6 heteroatoms. The summed E-state index contributed by atoms with van der Waals surface area (Å²) in [6, 6.07) is 2.20. The first kappa shape index (κ1) is 13.1. The van der Waals surface area contributed by atoms with Crippen LogP contribution in [0.2, 0.25) is 0 Å². The molecule has 0 amide bonds. The number of benzene rings is 1. The molecule has 1 atom stereocenters. The van der Waals surface area contributed by atoms with Crippen molar-refractivity contribution in [3.8, 4) is 0 Å². The van der Waals surface area contributed by atoms with Crippen LogP contribution in [-0.4, -0.2) is 16.1 Å². The van der Waals surface area contributed by atoms with Crippen LogP contribution in [0.5, 0.6) is 0 Å². The lowest BCUT2D eigenvalue weighted by molar-refractivity contribution is -0.385. The molecule has 0 aliphatic rings. The summed E-state index contributed by atoms with van der Waals surface area (Å²) in [5.41, 5.74) is 0.0285. The molecule has 88 valence electrons. The first-order valence-electron chi connectivity index (χ1n) is 4.76. The maximum absolute atomic E-state index is 13.2. The molecule has 0 saturated heterocycles. The molecule has 1 aromatic rings. The van der Waals surface area contributed by atoms with Crippen LogP contribution in [0.15, 0.2) is 16.6 Å². The van der Waals surface area contributed by atoms with E-state index in [0.717, 1.165) is 12.1 Å². The molecule has 0 fully saturated rings. The van der Waals surface area contributed by atoms with Gasteiger partial charge in [-0.2, -0.15) is 0 Å². The van der Waals surface area contributed by atoms with Crippen molar-refractivity contribution in [1.29, 1.82) is 0 Å². The highest BCUT2D eigenvalue weighted by molar-refractivity contribution is 9.10. The van der Waals surface area contributed by atoms with Crippen molar-refractivity contribution < 1.29 is 14.4 Å². The van der Waals surface area contributed by atoms with E-state index in [9.17, 15) is 19.6 Å². The summed E-state index contributed by atoms with van der Waals surface area (Å²) in [6.07, 6.45) is -0.148. The van der Waals surface area contributed by atoms with E-state index in [1.807, 2.05) is 0 Å². The lowest BCUT2D eigenvalue weighted by Gasteiger charge is -2.08. The molecule has 0 aliphatic carbocycles. The Morgan fingerprint density at radius 3 is 2.75 bits per heavy atom. The molecule has 0 aromatic heterocycles. The third-order valence-electron chi connectivity index (χ3n) is 2.25. The molecule has 1 N–H and O–H groups in total. The number of aliphatic hydroxyl groups is 1. The molecule has 0 aliphatic heterocycles. The largest absolute Gasteiger partial charge is 0.393 e. The van der Waals surface area contributed by atoms with E-state index < -0.39 is 16.8 Å². The zero-order valence-corrected chi connectivity index (χ0v) is 10.2. The molecule has 0 radical (unpaired) electrons. The van der Waals surface area contributed by atoms with Crippen molar-refractivity contribution in [1.82, 2.24) is 0 Å². The summed E-state index contributed by atoms with van der Waals surface area (Å²) in [5, 5.41) is 20.2. The quantitative estimate of drug-likeness (QED) is 0.685. The van der Waals surface area contributed by atoms with Crippen molar-refractivity contribution >= 4 is 21.6 Å². The van der Waals surface area contributed by atoms with E-state index in [-0.39, 0.29) is 22.1 Å². The van der Waals surface area contributed by atoms with Crippen molar-refractivity contribution in [3.63, 3.8) is 0 Å². The van der Waals surface area contributed by atoms with Crippen molar-refractivity contribution in [3.05, 3.63) is 38.1 Å². The van der Waals surface area contributed by atoms with Gasteiger partial charge in [0.15, 0.2) is 0 Å². The lowest BCUT2D eigenvalue weighted by Crippen LogP contribution is -2.10. The minimum atomic E-state index is -0.695. The van der Waals surface area contributed by atoms with Gasteiger partial charge in [-0.1, -0.05) is 6.92 Å². The molecule has 0 bridgehead atoms. The third kappa shape index (κ3) is 2.99. The molecule has 16 heavy (non-hydrogen) atoms. The van der Waals surface area contributed by atoms with Gasteiger partial charge in [-0.05, 0) is 28.4 Å². The van der Waals surface area contributed by atoms with E-state index in [1.165, 1.54) is 0 Å². The number of nitro benzene ring substituents is 1. The Kier molecular flexibility index (Phi) is 4.37. The second-order valence-corrected chi connectivity index (χ2v) is 4.27. The predicted molar refractivity (Wildman–Crippen MR) is 60.8 cm³/mol. The van der Waals surface area contributed by atoms with E-state index in [2.05, 4.69) is 15.9 Å². The van der Waals surface area contributed by atoms with Gasteiger partial charge in [-0.3, -0.25) is 10.1 Å². The van der Waals surface area contributed by atoms with Crippen LogP contribution in [0.1, 0.15) is 18.9 Å². The SMILES string of the molecule is CCC(O)Cc1cc(F)c(Br)cc1[N+](=O)[O-]. The maximum Gasteiger partial charge on any atom is 0.274 e. The van der Waals surface area contributed by atoms with Gasteiger partial charge in [-0.15, -0.1) is 0 Å². The van der Waals surface area contributed by atoms with Gasteiger partial charge < -0.3 is 5.11 Å². The van der Waals surface area contributed by atoms with Gasteiger partial charge in [0.05, 0.1) is 15.5 Å². The maximum atomic E-state index is 13.2. The minimum Gasteiger partial charge on any atom is -0.393 e. The topological polar surface area (TPSA) is 63.4 Å². The van der Waals surface area contributed by atoms with E-state index >= 15 is 0 Å². The summed E-state index contributed by atoms with van der Waals surface area (Å²) in [5.74, 6) is -0.566. The number of hydrogen-bond acceptors (Lipinski definition) is 3. The van der Waals surface area contributed by atoms with Crippen LogP contribution in [0.4, 0.5) is 10.1 Å².